The molecule has 3 heterocycles. The van der Waals surface area contributed by atoms with E-state index in [1.54, 1.807) is 47.2 Å². The molecule has 1 unspecified atom stereocenters. The summed E-state index contributed by atoms with van der Waals surface area (Å²) in [4.78, 5) is 48.8. The maximum Gasteiger partial charge on any atom is 0.405 e. The van der Waals surface area contributed by atoms with Crippen molar-refractivity contribution < 1.29 is 28.2 Å². The van der Waals surface area contributed by atoms with E-state index in [-0.39, 0.29) is 36.3 Å². The minimum Gasteiger partial charge on any atom is -0.465 e. The minimum absolute atomic E-state index is 0.0477. The van der Waals surface area contributed by atoms with Crippen molar-refractivity contribution in [1.82, 2.24) is 29.5 Å². The SMILES string of the molecule is Cc1ccc(OC(F)F)c(Cn2c3cc(-c4cnc(N5CCN(C(=O)CNC(=O)O)C(C)C5)nc4)ccc3c(=O)n2C)c1. The van der Waals surface area contributed by atoms with Crippen molar-refractivity contribution in [3.05, 3.63) is 70.3 Å². The molecular formula is C29H31F2N7O5. The number of nitrogens with one attached hydrogen (secondary N) is 1. The number of halogens is 2. The molecule has 0 aliphatic carbocycles. The number of ether oxygens (including phenoxy) is 1. The Bertz CT molecular complexity index is 1720. The predicted molar refractivity (Wildman–Crippen MR) is 155 cm³/mol. The monoisotopic (exact) mass is 595 g/mol. The number of piperazine rings is 1. The highest BCUT2D eigenvalue weighted by Gasteiger charge is 2.28. The highest BCUT2D eigenvalue weighted by Crippen LogP contribution is 2.27. The summed E-state index contributed by atoms with van der Waals surface area (Å²) in [5.74, 6) is 0.252. The summed E-state index contributed by atoms with van der Waals surface area (Å²) in [6.07, 6.45) is 2.12. The van der Waals surface area contributed by atoms with Crippen LogP contribution in [0.1, 0.15) is 18.1 Å². The summed E-state index contributed by atoms with van der Waals surface area (Å²) in [5.41, 5.74) is 3.26. The second kappa shape index (κ2) is 12.1. The number of hydrogen-bond donors (Lipinski definition) is 2. The highest BCUT2D eigenvalue weighted by molar-refractivity contribution is 5.84. The van der Waals surface area contributed by atoms with Gasteiger partial charge in [0.15, 0.2) is 0 Å². The van der Waals surface area contributed by atoms with E-state index >= 15 is 0 Å². The van der Waals surface area contributed by atoms with Crippen molar-refractivity contribution in [3.63, 3.8) is 0 Å². The molecule has 1 aliphatic rings. The lowest BCUT2D eigenvalue weighted by molar-refractivity contribution is -0.132. The summed E-state index contributed by atoms with van der Waals surface area (Å²) < 4.78 is 34.0. The molecule has 2 aromatic heterocycles. The first kappa shape index (κ1) is 29.5. The van der Waals surface area contributed by atoms with Gasteiger partial charge in [-0.05, 0) is 37.6 Å². The maximum absolute atomic E-state index is 13.1. The minimum atomic E-state index is -2.98. The Hall–Kier alpha value is -5.01. The number of nitrogens with zero attached hydrogens (tertiary/aromatic N) is 6. The molecule has 0 bridgehead atoms. The van der Waals surface area contributed by atoms with Crippen LogP contribution < -0.4 is 20.5 Å². The molecule has 1 fully saturated rings. The number of anilines is 1. The fourth-order valence-corrected chi connectivity index (χ4v) is 5.34. The first-order valence-corrected chi connectivity index (χ1v) is 13.6. The Morgan fingerprint density at radius 3 is 2.53 bits per heavy atom. The van der Waals surface area contributed by atoms with Gasteiger partial charge >= 0.3 is 12.7 Å². The molecule has 14 heteroatoms. The van der Waals surface area contributed by atoms with E-state index in [9.17, 15) is 23.2 Å². The van der Waals surface area contributed by atoms with Crippen LogP contribution >= 0.6 is 0 Å². The van der Waals surface area contributed by atoms with E-state index in [0.29, 0.717) is 47.6 Å². The predicted octanol–water partition coefficient (Wildman–Crippen LogP) is 3.06. The summed E-state index contributed by atoms with van der Waals surface area (Å²) >= 11 is 0. The summed E-state index contributed by atoms with van der Waals surface area (Å²) in [6.45, 7) is 1.99. The highest BCUT2D eigenvalue weighted by atomic mass is 19.3. The van der Waals surface area contributed by atoms with Gasteiger partial charge < -0.3 is 25.0 Å². The van der Waals surface area contributed by atoms with E-state index < -0.39 is 12.7 Å². The normalized spacial score (nSPS) is 15.3. The molecule has 5 rings (SSSR count). The molecule has 0 spiro atoms. The molecule has 0 radical (unpaired) electrons. The Kier molecular flexibility index (Phi) is 8.28. The van der Waals surface area contributed by atoms with Gasteiger partial charge in [0.1, 0.15) is 12.3 Å². The zero-order chi connectivity index (χ0) is 30.8. The average molecular weight is 596 g/mol. The van der Waals surface area contributed by atoms with Gasteiger partial charge in [-0.15, -0.1) is 0 Å². The number of aryl methyl sites for hydroxylation is 1. The van der Waals surface area contributed by atoms with Crippen LogP contribution in [0.5, 0.6) is 5.75 Å². The zero-order valence-corrected chi connectivity index (χ0v) is 23.8. The number of carboxylic acid groups (broad SMARTS) is 1. The van der Waals surface area contributed by atoms with Crippen LogP contribution in [0.15, 0.2) is 53.6 Å². The molecule has 1 aliphatic heterocycles. The van der Waals surface area contributed by atoms with Crippen molar-refractivity contribution in [2.24, 2.45) is 7.05 Å². The van der Waals surface area contributed by atoms with E-state index in [0.717, 1.165) is 11.1 Å². The molecule has 2 amide bonds. The van der Waals surface area contributed by atoms with Crippen molar-refractivity contribution in [2.75, 3.05) is 31.1 Å². The standard InChI is InChI=1S/C29H31F2N7O5/c1-17-4-7-24(43-27(30)31)20(10-17)16-38-23-11-19(5-6-22(23)26(40)35(38)3)21-12-32-28(33-13-21)36-8-9-37(18(2)15-36)25(39)14-34-29(41)42/h4-7,10-13,18,27,34H,8-9,14-16H2,1-3H3,(H,41,42). The lowest BCUT2D eigenvalue weighted by Crippen LogP contribution is -2.56. The molecule has 2 N–H and O–H groups in total. The summed E-state index contributed by atoms with van der Waals surface area (Å²) in [5, 5.41) is 11.3. The molecule has 12 nitrogen and oxygen atoms in total. The van der Waals surface area contributed by atoms with Crippen LogP contribution in [0.2, 0.25) is 0 Å². The van der Waals surface area contributed by atoms with Crippen LogP contribution in [-0.2, 0) is 18.4 Å². The third-order valence-electron chi connectivity index (χ3n) is 7.51. The molecule has 1 saturated heterocycles. The van der Waals surface area contributed by atoms with Gasteiger partial charge in [0.2, 0.25) is 11.9 Å². The lowest BCUT2D eigenvalue weighted by atomic mass is 10.1. The van der Waals surface area contributed by atoms with Crippen molar-refractivity contribution in [3.8, 4) is 16.9 Å². The van der Waals surface area contributed by atoms with Gasteiger partial charge in [-0.2, -0.15) is 8.78 Å². The quantitative estimate of drug-likeness (QED) is 0.318. The Morgan fingerprint density at radius 1 is 1.12 bits per heavy atom. The maximum atomic E-state index is 13.1. The first-order chi connectivity index (χ1) is 20.5. The second-order valence-corrected chi connectivity index (χ2v) is 10.4. The van der Waals surface area contributed by atoms with Gasteiger partial charge in [-0.25, -0.2) is 14.8 Å². The number of carbonyl (C=O) groups excluding carboxylic acids is 1. The van der Waals surface area contributed by atoms with E-state index in [2.05, 4.69) is 15.3 Å². The van der Waals surface area contributed by atoms with Gasteiger partial charge in [0, 0.05) is 56.2 Å². The number of hydrogen-bond acceptors (Lipinski definition) is 7. The van der Waals surface area contributed by atoms with Gasteiger partial charge in [-0.1, -0.05) is 23.8 Å². The third kappa shape index (κ3) is 6.27. The van der Waals surface area contributed by atoms with Crippen molar-refractivity contribution in [1.29, 1.82) is 0 Å². The molecule has 1 atom stereocenters. The van der Waals surface area contributed by atoms with Crippen LogP contribution in [0, 0.1) is 6.92 Å². The van der Waals surface area contributed by atoms with E-state index in [4.69, 9.17) is 9.84 Å². The van der Waals surface area contributed by atoms with Gasteiger partial charge in [0.25, 0.3) is 5.56 Å². The van der Waals surface area contributed by atoms with Gasteiger partial charge in [-0.3, -0.25) is 19.0 Å². The van der Waals surface area contributed by atoms with Gasteiger partial charge in [0.05, 0.1) is 17.4 Å². The molecule has 0 saturated carbocycles. The van der Waals surface area contributed by atoms with Crippen LogP contribution in [0.3, 0.4) is 0 Å². The molecule has 43 heavy (non-hydrogen) atoms. The lowest BCUT2D eigenvalue weighted by Gasteiger charge is -2.39. The fraction of sp³-hybridized carbons (Fsp3) is 0.345. The second-order valence-electron chi connectivity index (χ2n) is 10.4. The van der Waals surface area contributed by atoms with Crippen LogP contribution in [0.25, 0.3) is 22.0 Å². The van der Waals surface area contributed by atoms with Crippen LogP contribution in [0.4, 0.5) is 19.5 Å². The first-order valence-electron chi connectivity index (χ1n) is 13.6. The Morgan fingerprint density at radius 2 is 1.86 bits per heavy atom. The van der Waals surface area contributed by atoms with Crippen molar-refractivity contribution >= 4 is 28.9 Å². The number of amides is 2. The smallest absolute Gasteiger partial charge is 0.405 e. The topological polar surface area (TPSA) is 135 Å². The van der Waals surface area contributed by atoms with Crippen LogP contribution in [-0.4, -0.2) is 80.2 Å². The zero-order valence-electron chi connectivity index (χ0n) is 23.8. The van der Waals surface area contributed by atoms with Crippen molar-refractivity contribution in [2.45, 2.75) is 33.0 Å². The Labute approximate surface area is 245 Å². The number of rotatable bonds is 8. The molecular weight excluding hydrogens is 564 g/mol. The summed E-state index contributed by atoms with van der Waals surface area (Å²) in [7, 11) is 1.63. The summed E-state index contributed by atoms with van der Waals surface area (Å²) in [6, 6.07) is 10.2. The Balaban J connectivity index is 1.37. The average Bonchev–Trinajstić information content (AvgIpc) is 3.21. The van der Waals surface area contributed by atoms with E-state index in [1.165, 1.54) is 10.7 Å². The number of alkyl halides is 2. The number of carbonyl (C=O) groups is 2. The largest absolute Gasteiger partial charge is 0.465 e. The number of aromatic nitrogens is 4. The number of benzene rings is 2. The molecule has 226 valence electrons. The fourth-order valence-electron chi connectivity index (χ4n) is 5.34. The number of fused-ring (bicyclic) bond motifs is 1. The molecule has 2 aromatic carbocycles. The third-order valence-corrected chi connectivity index (χ3v) is 7.51. The molecule has 4 aromatic rings. The van der Waals surface area contributed by atoms with E-state index in [1.807, 2.05) is 30.9 Å².